The van der Waals surface area contributed by atoms with Gasteiger partial charge in [0.05, 0.1) is 13.0 Å². The van der Waals surface area contributed by atoms with Crippen molar-refractivity contribution in [2.45, 2.75) is 56.9 Å². The third-order valence-electron chi connectivity index (χ3n) is 4.68. The number of hydrogen-bond donors (Lipinski definition) is 2. The minimum Gasteiger partial charge on any atom is -0.469 e. The fraction of sp³-hybridized carbons (Fsp3) is 0.688. The van der Waals surface area contributed by atoms with Gasteiger partial charge in [0.1, 0.15) is 5.69 Å². The highest BCUT2D eigenvalue weighted by Crippen LogP contribution is 2.39. The monoisotopic (exact) mass is 305 g/mol. The summed E-state index contributed by atoms with van der Waals surface area (Å²) in [5.74, 6) is -0.148. The molecule has 1 aromatic rings. The molecule has 2 atom stereocenters. The van der Waals surface area contributed by atoms with Crippen LogP contribution >= 0.6 is 0 Å². The van der Waals surface area contributed by atoms with Crippen LogP contribution in [-0.4, -0.2) is 35.2 Å². The van der Waals surface area contributed by atoms with Crippen LogP contribution in [0.15, 0.2) is 6.07 Å². The molecule has 2 saturated carbocycles. The molecule has 2 unspecified atom stereocenters. The number of aromatic amines is 1. The minimum atomic E-state index is -0.252. The van der Waals surface area contributed by atoms with E-state index in [0.29, 0.717) is 11.6 Å². The summed E-state index contributed by atoms with van der Waals surface area (Å²) in [5.41, 5.74) is 1.45. The fourth-order valence-corrected chi connectivity index (χ4v) is 3.21. The number of ether oxygens (including phenoxy) is 1. The van der Waals surface area contributed by atoms with Crippen molar-refractivity contribution in [1.82, 2.24) is 15.5 Å². The van der Waals surface area contributed by atoms with Gasteiger partial charge in [-0.3, -0.25) is 14.7 Å². The number of H-pyrrole nitrogens is 1. The standard InChI is InChI=1S/C16H23N3O3/c1-22-16(21)11-5-3-2-4-6-12(11)17-15(20)14-9-13(18-19-14)10-7-8-10/h9-12H,2-8H2,1H3,(H,17,20)(H,18,19). The molecule has 2 aliphatic rings. The lowest BCUT2D eigenvalue weighted by Gasteiger charge is -2.23. The first kappa shape index (κ1) is 15.1. The molecule has 0 radical (unpaired) electrons. The SMILES string of the molecule is COC(=O)C1CCCCCC1NC(=O)c1cc(C2CC2)[nH]n1. The number of esters is 1. The van der Waals surface area contributed by atoms with Crippen LogP contribution in [-0.2, 0) is 9.53 Å². The molecular formula is C16H23N3O3. The van der Waals surface area contributed by atoms with E-state index in [9.17, 15) is 9.59 Å². The molecule has 6 nitrogen and oxygen atoms in total. The van der Waals surface area contributed by atoms with Crippen molar-refractivity contribution in [2.24, 2.45) is 5.92 Å². The van der Waals surface area contributed by atoms with Crippen molar-refractivity contribution in [1.29, 1.82) is 0 Å². The lowest BCUT2D eigenvalue weighted by Crippen LogP contribution is -2.43. The van der Waals surface area contributed by atoms with Gasteiger partial charge in [-0.25, -0.2) is 0 Å². The number of methoxy groups -OCH3 is 1. The quantitative estimate of drug-likeness (QED) is 0.659. The van der Waals surface area contributed by atoms with Crippen LogP contribution in [0.3, 0.4) is 0 Å². The fourth-order valence-electron chi connectivity index (χ4n) is 3.21. The Morgan fingerprint density at radius 2 is 2.00 bits per heavy atom. The second-order valence-electron chi connectivity index (χ2n) is 6.33. The van der Waals surface area contributed by atoms with Gasteiger partial charge in [0.25, 0.3) is 5.91 Å². The molecule has 0 aromatic carbocycles. The summed E-state index contributed by atoms with van der Waals surface area (Å²) in [6.45, 7) is 0. The lowest BCUT2D eigenvalue weighted by molar-refractivity contribution is -0.146. The predicted molar refractivity (Wildman–Crippen MR) is 80.4 cm³/mol. The third-order valence-corrected chi connectivity index (χ3v) is 4.68. The number of nitrogens with zero attached hydrogens (tertiary/aromatic N) is 1. The largest absolute Gasteiger partial charge is 0.469 e. The Balaban J connectivity index is 1.67. The molecule has 22 heavy (non-hydrogen) atoms. The van der Waals surface area contributed by atoms with Gasteiger partial charge < -0.3 is 10.1 Å². The Bertz CT molecular complexity index is 551. The topological polar surface area (TPSA) is 84.1 Å². The predicted octanol–water partition coefficient (Wildman–Crippen LogP) is 2.14. The van der Waals surface area contributed by atoms with Crippen molar-refractivity contribution in [3.8, 4) is 0 Å². The van der Waals surface area contributed by atoms with Crippen molar-refractivity contribution in [2.75, 3.05) is 7.11 Å². The first-order valence-electron chi connectivity index (χ1n) is 8.13. The Morgan fingerprint density at radius 1 is 1.23 bits per heavy atom. The molecule has 2 aliphatic carbocycles. The van der Waals surface area contributed by atoms with Crippen molar-refractivity contribution in [3.05, 3.63) is 17.5 Å². The van der Waals surface area contributed by atoms with Gasteiger partial charge >= 0.3 is 5.97 Å². The maximum Gasteiger partial charge on any atom is 0.310 e. The number of amides is 1. The zero-order chi connectivity index (χ0) is 15.5. The molecule has 120 valence electrons. The molecule has 0 saturated heterocycles. The van der Waals surface area contributed by atoms with E-state index in [1.165, 1.54) is 7.11 Å². The van der Waals surface area contributed by atoms with E-state index in [0.717, 1.165) is 50.6 Å². The maximum atomic E-state index is 12.4. The van der Waals surface area contributed by atoms with Gasteiger partial charge in [-0.1, -0.05) is 19.3 Å². The first-order chi connectivity index (χ1) is 10.7. The van der Waals surface area contributed by atoms with E-state index in [1.807, 2.05) is 6.07 Å². The number of aromatic nitrogens is 2. The Labute approximate surface area is 130 Å². The van der Waals surface area contributed by atoms with E-state index in [4.69, 9.17) is 4.74 Å². The molecule has 2 N–H and O–H groups in total. The number of nitrogens with one attached hydrogen (secondary N) is 2. The van der Waals surface area contributed by atoms with E-state index < -0.39 is 0 Å². The van der Waals surface area contributed by atoms with Gasteiger partial charge in [-0.15, -0.1) is 0 Å². The van der Waals surface area contributed by atoms with Crippen molar-refractivity contribution < 1.29 is 14.3 Å². The summed E-state index contributed by atoms with van der Waals surface area (Å²) in [6, 6.07) is 1.67. The molecule has 0 bridgehead atoms. The van der Waals surface area contributed by atoms with Gasteiger partial charge in [0.15, 0.2) is 0 Å². The van der Waals surface area contributed by atoms with Crippen LogP contribution in [0.5, 0.6) is 0 Å². The van der Waals surface area contributed by atoms with E-state index in [-0.39, 0.29) is 23.8 Å². The molecule has 3 rings (SSSR count). The number of carbonyl (C=O) groups excluding carboxylic acids is 2. The summed E-state index contributed by atoms with van der Waals surface area (Å²) in [7, 11) is 1.40. The van der Waals surface area contributed by atoms with Crippen molar-refractivity contribution in [3.63, 3.8) is 0 Å². The normalized spacial score (nSPS) is 25.3. The van der Waals surface area contributed by atoms with Gasteiger partial charge in [0, 0.05) is 17.7 Å². The maximum absolute atomic E-state index is 12.4. The molecule has 0 aliphatic heterocycles. The van der Waals surface area contributed by atoms with Crippen LogP contribution in [0.4, 0.5) is 0 Å². The zero-order valence-electron chi connectivity index (χ0n) is 12.9. The van der Waals surface area contributed by atoms with Crippen LogP contribution < -0.4 is 5.32 Å². The summed E-state index contributed by atoms with van der Waals surface area (Å²) < 4.78 is 4.89. The second-order valence-corrected chi connectivity index (χ2v) is 6.33. The highest BCUT2D eigenvalue weighted by atomic mass is 16.5. The van der Waals surface area contributed by atoms with Gasteiger partial charge in [0.2, 0.25) is 0 Å². The van der Waals surface area contributed by atoms with Crippen LogP contribution in [0.2, 0.25) is 0 Å². The summed E-state index contributed by atoms with van der Waals surface area (Å²) in [4.78, 5) is 24.3. The average Bonchev–Trinajstić information content (AvgIpc) is 3.30. The summed E-state index contributed by atoms with van der Waals surface area (Å²) in [6.07, 6.45) is 7.02. The number of carbonyl (C=O) groups is 2. The van der Waals surface area contributed by atoms with Crippen LogP contribution in [0, 0.1) is 5.92 Å². The van der Waals surface area contributed by atoms with E-state index in [2.05, 4.69) is 15.5 Å². The van der Waals surface area contributed by atoms with Crippen LogP contribution in [0.1, 0.15) is 67.0 Å². The number of hydrogen-bond acceptors (Lipinski definition) is 4. The van der Waals surface area contributed by atoms with E-state index in [1.54, 1.807) is 0 Å². The second kappa shape index (κ2) is 6.50. The minimum absolute atomic E-state index is 0.163. The Kier molecular flexibility index (Phi) is 4.45. The lowest BCUT2D eigenvalue weighted by atomic mass is 9.94. The Morgan fingerprint density at radius 3 is 2.73 bits per heavy atom. The third kappa shape index (κ3) is 3.31. The molecular weight excluding hydrogens is 282 g/mol. The first-order valence-corrected chi connectivity index (χ1v) is 8.13. The van der Waals surface area contributed by atoms with Gasteiger partial charge in [-0.2, -0.15) is 5.10 Å². The van der Waals surface area contributed by atoms with Crippen LogP contribution in [0.25, 0.3) is 0 Å². The highest BCUT2D eigenvalue weighted by Gasteiger charge is 2.32. The molecule has 1 heterocycles. The van der Waals surface area contributed by atoms with Gasteiger partial charge in [-0.05, 0) is 31.7 Å². The number of rotatable bonds is 4. The molecule has 6 heteroatoms. The summed E-state index contributed by atoms with van der Waals surface area (Å²) >= 11 is 0. The van der Waals surface area contributed by atoms with Crippen molar-refractivity contribution >= 4 is 11.9 Å². The summed E-state index contributed by atoms with van der Waals surface area (Å²) in [5, 5.41) is 10.0. The molecule has 1 amide bonds. The highest BCUT2D eigenvalue weighted by molar-refractivity contribution is 5.93. The molecule has 0 spiro atoms. The Hall–Kier alpha value is -1.85. The molecule has 2 fully saturated rings. The zero-order valence-corrected chi connectivity index (χ0v) is 12.9. The average molecular weight is 305 g/mol. The molecule has 1 aromatic heterocycles. The van der Waals surface area contributed by atoms with E-state index >= 15 is 0 Å². The smallest absolute Gasteiger partial charge is 0.310 e.